The van der Waals surface area contributed by atoms with E-state index in [2.05, 4.69) is 28.4 Å². The maximum Gasteiger partial charge on any atom is 0.416 e. The van der Waals surface area contributed by atoms with Crippen LogP contribution in [0.3, 0.4) is 0 Å². The smallest absolute Gasteiger partial charge is 0.353 e. The Morgan fingerprint density at radius 1 is 1.06 bits per heavy atom. The van der Waals surface area contributed by atoms with Crippen LogP contribution in [0.15, 0.2) is 47.4 Å². The van der Waals surface area contributed by atoms with Crippen molar-refractivity contribution < 1.29 is 18.0 Å². The van der Waals surface area contributed by atoms with E-state index in [0.717, 1.165) is 49.7 Å². The Kier molecular flexibility index (Phi) is 6.92. The van der Waals surface area contributed by atoms with E-state index in [0.29, 0.717) is 17.9 Å². The molecule has 1 fully saturated rings. The minimum absolute atomic E-state index is 0.0434. The number of nitrogens with zero attached hydrogens (tertiary/aromatic N) is 1. The van der Waals surface area contributed by atoms with Gasteiger partial charge in [-0.05, 0) is 67.0 Å². The van der Waals surface area contributed by atoms with Crippen LogP contribution in [-0.4, -0.2) is 35.7 Å². The molecule has 3 nitrogen and oxygen atoms in total. The second-order valence-corrected chi connectivity index (χ2v) is 9.44. The minimum Gasteiger partial charge on any atom is -0.353 e. The number of halogens is 3. The molecule has 2 aliphatic rings. The van der Waals surface area contributed by atoms with Crippen molar-refractivity contribution in [3.8, 4) is 0 Å². The largest absolute Gasteiger partial charge is 0.416 e. The lowest BCUT2D eigenvalue weighted by molar-refractivity contribution is -0.137. The van der Waals surface area contributed by atoms with Gasteiger partial charge in [0.15, 0.2) is 0 Å². The zero-order valence-electron chi connectivity index (χ0n) is 17.4. The topological polar surface area (TPSA) is 32.3 Å². The van der Waals surface area contributed by atoms with Crippen molar-refractivity contribution in [3.05, 3.63) is 64.7 Å². The van der Waals surface area contributed by atoms with Crippen LogP contribution in [0, 0.1) is 0 Å². The summed E-state index contributed by atoms with van der Waals surface area (Å²) in [5, 5.41) is 3.12. The third-order valence-corrected chi connectivity index (χ3v) is 7.05. The second kappa shape index (κ2) is 9.65. The molecule has 0 atom stereocenters. The molecule has 1 amide bonds. The highest BCUT2D eigenvalue weighted by Gasteiger charge is 2.30. The Morgan fingerprint density at radius 2 is 1.84 bits per heavy atom. The number of thioether (sulfide) groups is 1. The number of amides is 1. The molecule has 1 N–H and O–H groups in total. The Bertz CT molecular complexity index is 923. The molecular weight excluding hydrogens is 421 g/mol. The summed E-state index contributed by atoms with van der Waals surface area (Å²) in [6.45, 7) is 2.02. The SMILES string of the molecule is O=C(CSc1ccc2c(c1)CCC2)NC1CCN(Cc2cccc(C(F)(F)F)c2)CC1. The number of likely N-dealkylation sites (tertiary alicyclic amines) is 1. The quantitative estimate of drug-likeness (QED) is 0.627. The van der Waals surface area contributed by atoms with E-state index in [1.54, 1.807) is 17.8 Å². The van der Waals surface area contributed by atoms with Gasteiger partial charge < -0.3 is 5.32 Å². The Labute approximate surface area is 185 Å². The Morgan fingerprint density at radius 3 is 2.61 bits per heavy atom. The number of hydrogen-bond acceptors (Lipinski definition) is 3. The number of aryl methyl sites for hydroxylation is 2. The van der Waals surface area contributed by atoms with Crippen LogP contribution in [-0.2, 0) is 30.4 Å². The number of rotatable bonds is 6. The summed E-state index contributed by atoms with van der Waals surface area (Å²) < 4.78 is 38.7. The highest BCUT2D eigenvalue weighted by atomic mass is 32.2. The van der Waals surface area contributed by atoms with Gasteiger partial charge in [-0.25, -0.2) is 0 Å². The summed E-state index contributed by atoms with van der Waals surface area (Å²) in [5.74, 6) is 0.449. The predicted octanol–water partition coefficient (Wildman–Crippen LogP) is 5.07. The number of nitrogens with one attached hydrogen (secondary N) is 1. The van der Waals surface area contributed by atoms with Crippen molar-refractivity contribution in [2.75, 3.05) is 18.8 Å². The van der Waals surface area contributed by atoms with Crippen LogP contribution < -0.4 is 5.32 Å². The Hall–Kier alpha value is -1.99. The number of hydrogen-bond donors (Lipinski definition) is 1. The first-order valence-electron chi connectivity index (χ1n) is 10.8. The van der Waals surface area contributed by atoms with Crippen LogP contribution in [0.2, 0.25) is 0 Å². The van der Waals surface area contributed by atoms with Crippen LogP contribution >= 0.6 is 11.8 Å². The summed E-state index contributed by atoms with van der Waals surface area (Å²) in [6.07, 6.45) is 0.826. The third-order valence-electron chi connectivity index (χ3n) is 6.05. The van der Waals surface area contributed by atoms with Gasteiger partial charge in [-0.15, -0.1) is 11.8 Å². The standard InChI is InChI=1S/C24H27F3N2OS/c25-24(26,27)20-6-1-3-17(13-20)15-29-11-9-21(10-12-29)28-23(30)16-31-22-8-7-18-4-2-5-19(18)14-22/h1,3,6-8,13-14,21H,2,4-5,9-12,15-16H2,(H,28,30). The van der Waals surface area contributed by atoms with Crippen LogP contribution in [0.4, 0.5) is 13.2 Å². The molecule has 1 saturated heterocycles. The summed E-state index contributed by atoms with van der Waals surface area (Å²) in [5.41, 5.74) is 2.92. The van der Waals surface area contributed by atoms with Gasteiger partial charge in [-0.1, -0.05) is 24.3 Å². The summed E-state index contributed by atoms with van der Waals surface area (Å²) >= 11 is 1.57. The number of carbonyl (C=O) groups is 1. The highest BCUT2D eigenvalue weighted by Crippen LogP contribution is 2.30. The van der Waals surface area contributed by atoms with Gasteiger partial charge in [0.2, 0.25) is 5.91 Å². The van der Waals surface area contributed by atoms with Crippen molar-refractivity contribution >= 4 is 17.7 Å². The van der Waals surface area contributed by atoms with Gasteiger partial charge in [0, 0.05) is 30.6 Å². The van der Waals surface area contributed by atoms with Crippen LogP contribution in [0.5, 0.6) is 0 Å². The van der Waals surface area contributed by atoms with Gasteiger partial charge >= 0.3 is 6.18 Å². The maximum absolute atomic E-state index is 12.9. The molecule has 2 aromatic rings. The molecule has 0 spiro atoms. The normalized spacial score (nSPS) is 17.5. The molecule has 0 bridgehead atoms. The number of fused-ring (bicyclic) bond motifs is 1. The lowest BCUT2D eigenvalue weighted by atomic mass is 10.0. The molecule has 1 aliphatic carbocycles. The van der Waals surface area contributed by atoms with Crippen LogP contribution in [0.25, 0.3) is 0 Å². The van der Waals surface area contributed by atoms with Gasteiger partial charge in [0.1, 0.15) is 0 Å². The second-order valence-electron chi connectivity index (χ2n) is 8.39. The van der Waals surface area contributed by atoms with Gasteiger partial charge in [0.05, 0.1) is 11.3 Å². The number of carbonyl (C=O) groups excluding carboxylic acids is 1. The maximum atomic E-state index is 12.9. The first-order valence-corrected chi connectivity index (χ1v) is 11.8. The fourth-order valence-corrected chi connectivity index (χ4v) is 5.17. The van der Waals surface area contributed by atoms with Crippen LogP contribution in [0.1, 0.15) is 41.5 Å². The molecule has 0 unspecified atom stereocenters. The van der Waals surface area contributed by atoms with Gasteiger partial charge in [-0.2, -0.15) is 13.2 Å². The summed E-state index contributed by atoms with van der Waals surface area (Å²) in [7, 11) is 0. The molecule has 0 saturated carbocycles. The molecule has 31 heavy (non-hydrogen) atoms. The van der Waals surface area contributed by atoms with E-state index in [1.807, 2.05) is 0 Å². The lowest BCUT2D eigenvalue weighted by Gasteiger charge is -2.32. The fourth-order valence-electron chi connectivity index (χ4n) is 4.40. The monoisotopic (exact) mass is 448 g/mol. The molecular formula is C24H27F3N2OS. The average molecular weight is 449 g/mol. The molecule has 1 heterocycles. The first kappa shape index (κ1) is 22.2. The number of benzene rings is 2. The zero-order chi connectivity index (χ0) is 21.8. The predicted molar refractivity (Wildman–Crippen MR) is 117 cm³/mol. The highest BCUT2D eigenvalue weighted by molar-refractivity contribution is 8.00. The van der Waals surface area contributed by atoms with E-state index in [1.165, 1.54) is 29.7 Å². The molecule has 7 heteroatoms. The van der Waals surface area contributed by atoms with Crippen molar-refractivity contribution in [1.29, 1.82) is 0 Å². The van der Waals surface area contributed by atoms with Crippen molar-refractivity contribution in [2.45, 2.75) is 55.8 Å². The molecule has 0 radical (unpaired) electrons. The van der Waals surface area contributed by atoms with E-state index in [9.17, 15) is 18.0 Å². The van der Waals surface area contributed by atoms with Gasteiger partial charge in [-0.3, -0.25) is 9.69 Å². The first-order chi connectivity index (χ1) is 14.9. The minimum atomic E-state index is -4.31. The Balaban J connectivity index is 1.20. The van der Waals surface area contributed by atoms with E-state index < -0.39 is 11.7 Å². The van der Waals surface area contributed by atoms with E-state index >= 15 is 0 Å². The van der Waals surface area contributed by atoms with Crippen molar-refractivity contribution in [2.24, 2.45) is 0 Å². The zero-order valence-corrected chi connectivity index (χ0v) is 18.2. The molecule has 166 valence electrons. The van der Waals surface area contributed by atoms with Crippen molar-refractivity contribution in [1.82, 2.24) is 10.2 Å². The van der Waals surface area contributed by atoms with E-state index in [-0.39, 0.29) is 11.9 Å². The molecule has 4 rings (SSSR count). The molecule has 2 aromatic carbocycles. The van der Waals surface area contributed by atoms with E-state index in [4.69, 9.17) is 0 Å². The molecule has 1 aliphatic heterocycles. The molecule has 0 aromatic heterocycles. The number of piperidine rings is 1. The number of alkyl halides is 3. The lowest BCUT2D eigenvalue weighted by Crippen LogP contribution is -2.44. The summed E-state index contributed by atoms with van der Waals surface area (Å²) in [4.78, 5) is 15.7. The van der Waals surface area contributed by atoms with Gasteiger partial charge in [0.25, 0.3) is 0 Å². The van der Waals surface area contributed by atoms with Crippen molar-refractivity contribution in [3.63, 3.8) is 0 Å². The third kappa shape index (κ3) is 6.04. The average Bonchev–Trinajstić information content (AvgIpc) is 3.21. The summed E-state index contributed by atoms with van der Waals surface area (Å²) in [6, 6.07) is 12.2. The fraction of sp³-hybridized carbons (Fsp3) is 0.458.